The molecule has 1 nitrogen and oxygen atoms in total. The van der Waals surface area contributed by atoms with Crippen LogP contribution in [0, 0.1) is 0 Å². The third-order valence-electron chi connectivity index (χ3n) is 3.22. The Labute approximate surface area is 160 Å². The van der Waals surface area contributed by atoms with E-state index >= 15 is 0 Å². The number of hydrogen-bond donors (Lipinski definition) is 0. The summed E-state index contributed by atoms with van der Waals surface area (Å²) >= 11 is 11.8. The maximum atomic E-state index is 11.8. The van der Waals surface area contributed by atoms with Crippen molar-refractivity contribution < 1.29 is 0 Å². The zero-order chi connectivity index (χ0) is 15.4. The first-order chi connectivity index (χ1) is 11.3. The molecule has 0 N–H and O–H groups in total. The second kappa shape index (κ2) is 5.87. The van der Waals surface area contributed by atoms with Gasteiger partial charge in [-0.3, -0.25) is 4.79 Å². The van der Waals surface area contributed by atoms with E-state index in [2.05, 4.69) is 35.0 Å². The Balaban J connectivity index is 1.75. The number of rotatable bonds is 2. The van der Waals surface area contributed by atoms with Crippen LogP contribution in [0.15, 0.2) is 58.0 Å². The molecule has 0 fully saturated rings. The standard InChI is InChI=1S/C15H6OS7/c16-15-22-13-14(23-15)21-12-10(8-4-2-6-18-8)19-9(11(12)20-13)7-3-1-5-17-7/h1-6H. The molecule has 23 heavy (non-hydrogen) atoms. The van der Waals surface area contributed by atoms with E-state index in [4.69, 9.17) is 0 Å². The van der Waals surface area contributed by atoms with Crippen LogP contribution < -0.4 is 4.06 Å². The summed E-state index contributed by atoms with van der Waals surface area (Å²) in [6, 6.07) is 8.58. The van der Waals surface area contributed by atoms with Crippen molar-refractivity contribution in [2.24, 2.45) is 0 Å². The van der Waals surface area contributed by atoms with Gasteiger partial charge in [-0.25, -0.2) is 0 Å². The lowest BCUT2D eigenvalue weighted by Gasteiger charge is -2.12. The largest absolute Gasteiger partial charge is 0.289 e. The normalized spacial score (nSPS) is 13.0. The predicted octanol–water partition coefficient (Wildman–Crippen LogP) is 7.30. The molecule has 0 radical (unpaired) electrons. The Hall–Kier alpha value is -0.350. The highest BCUT2D eigenvalue weighted by atomic mass is 32.2. The van der Waals surface area contributed by atoms with E-state index in [0.29, 0.717) is 0 Å². The molecule has 0 bridgehead atoms. The fourth-order valence-corrected chi connectivity index (χ4v) is 11.2. The maximum absolute atomic E-state index is 11.8. The molecule has 114 valence electrons. The van der Waals surface area contributed by atoms with Crippen LogP contribution in [0.5, 0.6) is 0 Å². The summed E-state index contributed by atoms with van der Waals surface area (Å²) < 4.78 is 2.51. The van der Waals surface area contributed by atoms with E-state index in [-0.39, 0.29) is 4.06 Å². The SMILES string of the molecule is O=c1sc2c(s1)Sc1c(-c3cccs3)sc(-c3cccs3)c1S2. The minimum Gasteiger partial charge on any atom is -0.265 e. The molecule has 1 aliphatic rings. The first-order valence-corrected chi connectivity index (χ1v) is 12.4. The van der Waals surface area contributed by atoms with Gasteiger partial charge in [-0.15, -0.1) is 34.0 Å². The van der Waals surface area contributed by atoms with Crippen LogP contribution in [0.4, 0.5) is 0 Å². The predicted molar refractivity (Wildman–Crippen MR) is 108 cm³/mol. The summed E-state index contributed by atoms with van der Waals surface area (Å²) in [7, 11) is 0. The van der Waals surface area contributed by atoms with Gasteiger partial charge in [-0.2, -0.15) is 0 Å². The van der Waals surface area contributed by atoms with Gasteiger partial charge in [0, 0.05) is 19.5 Å². The van der Waals surface area contributed by atoms with Gasteiger partial charge in [0.15, 0.2) is 0 Å². The summed E-state index contributed by atoms with van der Waals surface area (Å²) in [6.07, 6.45) is 0. The zero-order valence-electron chi connectivity index (χ0n) is 11.2. The van der Waals surface area contributed by atoms with Crippen molar-refractivity contribution in [2.75, 3.05) is 0 Å². The van der Waals surface area contributed by atoms with Crippen LogP contribution in [-0.2, 0) is 0 Å². The van der Waals surface area contributed by atoms with Gasteiger partial charge < -0.3 is 0 Å². The highest BCUT2D eigenvalue weighted by Gasteiger charge is 2.29. The molecule has 0 spiro atoms. The Bertz CT molecular complexity index is 951. The van der Waals surface area contributed by atoms with Crippen molar-refractivity contribution in [3.05, 3.63) is 43.9 Å². The van der Waals surface area contributed by atoms with Crippen molar-refractivity contribution in [3.8, 4) is 19.5 Å². The Morgan fingerprint density at radius 1 is 0.696 bits per heavy atom. The summed E-state index contributed by atoms with van der Waals surface area (Å²) in [5.74, 6) is 0. The molecule has 0 aromatic carbocycles. The van der Waals surface area contributed by atoms with E-state index in [1.54, 1.807) is 46.2 Å². The molecule has 5 rings (SSSR count). The summed E-state index contributed by atoms with van der Waals surface area (Å²) in [5.41, 5.74) is 0. The highest BCUT2D eigenvalue weighted by molar-refractivity contribution is 8.08. The van der Waals surface area contributed by atoms with Crippen LogP contribution in [0.2, 0.25) is 0 Å². The molecule has 8 heteroatoms. The third-order valence-corrected chi connectivity index (χ3v) is 12.0. The molecule has 0 amide bonds. The summed E-state index contributed by atoms with van der Waals surface area (Å²) in [6.45, 7) is 0. The summed E-state index contributed by atoms with van der Waals surface area (Å²) in [4.78, 5) is 19.7. The Morgan fingerprint density at radius 3 is 1.65 bits per heavy atom. The van der Waals surface area contributed by atoms with E-state index in [9.17, 15) is 4.79 Å². The van der Waals surface area contributed by atoms with Crippen molar-refractivity contribution in [1.82, 2.24) is 0 Å². The number of thiophene rings is 3. The fraction of sp³-hybridized carbons (Fsp3) is 0. The maximum Gasteiger partial charge on any atom is 0.289 e. The second-order valence-electron chi connectivity index (χ2n) is 4.61. The molecule has 0 saturated heterocycles. The van der Waals surface area contributed by atoms with E-state index in [0.717, 1.165) is 8.42 Å². The molecule has 0 atom stereocenters. The van der Waals surface area contributed by atoms with Gasteiger partial charge in [-0.05, 0) is 22.9 Å². The quantitative estimate of drug-likeness (QED) is 0.295. The number of fused-ring (bicyclic) bond motifs is 2. The minimum atomic E-state index is 0.194. The monoisotopic (exact) mass is 426 g/mol. The lowest BCUT2D eigenvalue weighted by molar-refractivity contribution is 1.30. The van der Waals surface area contributed by atoms with Crippen molar-refractivity contribution >= 4 is 80.2 Å². The molecule has 0 aliphatic carbocycles. The topological polar surface area (TPSA) is 17.1 Å². The van der Waals surface area contributed by atoms with Crippen LogP contribution in [0.25, 0.3) is 19.5 Å². The highest BCUT2D eigenvalue weighted by Crippen LogP contribution is 2.61. The van der Waals surface area contributed by atoms with Gasteiger partial charge >= 0.3 is 0 Å². The van der Waals surface area contributed by atoms with Gasteiger partial charge in [0.25, 0.3) is 4.06 Å². The molecule has 0 unspecified atom stereocenters. The van der Waals surface area contributed by atoms with Crippen LogP contribution in [-0.4, -0.2) is 0 Å². The smallest absolute Gasteiger partial charge is 0.265 e. The van der Waals surface area contributed by atoms with Gasteiger partial charge in [0.2, 0.25) is 0 Å². The average molecular weight is 427 g/mol. The number of hydrogen-bond acceptors (Lipinski definition) is 8. The molecular weight excluding hydrogens is 421 g/mol. The third kappa shape index (κ3) is 2.52. The Morgan fingerprint density at radius 2 is 1.22 bits per heavy atom. The average Bonchev–Trinajstić information content (AvgIpc) is 3.30. The van der Waals surface area contributed by atoms with Crippen LogP contribution in [0.1, 0.15) is 0 Å². The molecule has 4 aromatic rings. The van der Waals surface area contributed by atoms with Crippen LogP contribution in [0.3, 0.4) is 0 Å². The molecule has 0 saturated carbocycles. The zero-order valence-corrected chi connectivity index (χ0v) is 16.9. The van der Waals surface area contributed by atoms with Gasteiger partial charge in [0.05, 0.1) is 18.2 Å². The molecule has 5 heterocycles. The van der Waals surface area contributed by atoms with Crippen molar-refractivity contribution in [2.45, 2.75) is 18.2 Å². The molecule has 1 aliphatic heterocycles. The van der Waals surface area contributed by atoms with Gasteiger partial charge in [0.1, 0.15) is 0 Å². The lowest BCUT2D eigenvalue weighted by atomic mass is 10.3. The van der Waals surface area contributed by atoms with E-state index < -0.39 is 0 Å². The van der Waals surface area contributed by atoms with Crippen molar-refractivity contribution in [3.63, 3.8) is 0 Å². The lowest BCUT2D eigenvalue weighted by Crippen LogP contribution is -1.82. The first kappa shape index (κ1) is 14.9. The van der Waals surface area contributed by atoms with Crippen molar-refractivity contribution in [1.29, 1.82) is 0 Å². The molecule has 4 aromatic heterocycles. The fourth-order valence-electron chi connectivity index (χ4n) is 2.29. The van der Waals surface area contributed by atoms with Gasteiger partial charge in [-0.1, -0.05) is 58.3 Å². The van der Waals surface area contributed by atoms with Crippen LogP contribution >= 0.6 is 80.2 Å². The minimum absolute atomic E-state index is 0.194. The molecular formula is C15H6OS7. The Kier molecular flexibility index (Phi) is 3.82. The first-order valence-electron chi connectivity index (χ1n) is 6.54. The van der Waals surface area contributed by atoms with E-state index in [1.165, 1.54) is 52.0 Å². The summed E-state index contributed by atoms with van der Waals surface area (Å²) in [5, 5.41) is 4.25. The second-order valence-corrected chi connectivity index (χ2v) is 12.3. The van der Waals surface area contributed by atoms with E-state index in [1.807, 2.05) is 11.3 Å².